The molecular weight excluding hydrogens is 622 g/mol. The van der Waals surface area contributed by atoms with Crippen molar-refractivity contribution in [2.45, 2.75) is 67.8 Å². The van der Waals surface area contributed by atoms with Gasteiger partial charge in [0, 0.05) is 29.6 Å². The van der Waals surface area contributed by atoms with Gasteiger partial charge >= 0.3 is 0 Å². The van der Waals surface area contributed by atoms with Gasteiger partial charge in [0.15, 0.2) is 0 Å². The first-order valence-corrected chi connectivity index (χ1v) is 16.4. The van der Waals surface area contributed by atoms with Gasteiger partial charge in [-0.3, -0.25) is 14.4 Å². The molecule has 9 heteroatoms. The number of carbonyl (C=O) groups excluding carboxylic acids is 3. The minimum Gasteiger partial charge on any atom is -0.394 e. The van der Waals surface area contributed by atoms with E-state index in [4.69, 9.17) is 4.74 Å². The highest BCUT2D eigenvalue weighted by Gasteiger charge is 2.77. The van der Waals surface area contributed by atoms with Crippen LogP contribution in [0.1, 0.15) is 44.7 Å². The summed E-state index contributed by atoms with van der Waals surface area (Å²) in [5, 5.41) is 10.8. The third kappa shape index (κ3) is 5.33. The van der Waals surface area contributed by atoms with Crippen molar-refractivity contribution in [3.05, 3.63) is 91.5 Å². The molecule has 0 aliphatic carbocycles. The fourth-order valence-corrected chi connectivity index (χ4v) is 8.53. The molecule has 8 nitrogen and oxygen atoms in total. The third-order valence-electron chi connectivity index (χ3n) is 9.43. The summed E-state index contributed by atoms with van der Waals surface area (Å²) in [7, 11) is 0. The number of hydrogen-bond acceptors (Lipinski definition) is 5. The van der Waals surface area contributed by atoms with Gasteiger partial charge in [-0.25, -0.2) is 0 Å². The number of hydrogen-bond donors (Lipinski definition) is 1. The number of fused-ring (bicyclic) bond motifs is 1. The average Bonchev–Trinajstić information content (AvgIpc) is 3.63. The van der Waals surface area contributed by atoms with Crippen LogP contribution in [0.2, 0.25) is 0 Å². The van der Waals surface area contributed by atoms with Gasteiger partial charge in [0.25, 0.3) is 0 Å². The molecule has 3 saturated heterocycles. The Kier molecular flexibility index (Phi) is 9.77. The molecule has 0 aromatic heterocycles. The number of para-hydroxylation sites is 1. The highest BCUT2D eigenvalue weighted by molar-refractivity contribution is 9.09. The Morgan fingerprint density at radius 3 is 2.32 bits per heavy atom. The minimum absolute atomic E-state index is 0.112. The number of alkyl halides is 1. The second-order valence-corrected chi connectivity index (χ2v) is 13.2. The molecule has 3 heterocycles. The first-order chi connectivity index (χ1) is 21.2. The van der Waals surface area contributed by atoms with E-state index < -0.39 is 35.6 Å². The number of anilines is 1. The van der Waals surface area contributed by atoms with Crippen LogP contribution >= 0.6 is 15.9 Å². The summed E-state index contributed by atoms with van der Waals surface area (Å²) < 4.78 is 6.79. The van der Waals surface area contributed by atoms with E-state index in [9.17, 15) is 19.5 Å². The van der Waals surface area contributed by atoms with Gasteiger partial charge in [-0.15, -0.1) is 13.2 Å². The van der Waals surface area contributed by atoms with Gasteiger partial charge in [0.2, 0.25) is 17.7 Å². The van der Waals surface area contributed by atoms with E-state index in [0.29, 0.717) is 24.2 Å². The Hall–Kier alpha value is -3.27. The number of benzene rings is 2. The molecule has 0 radical (unpaired) electrons. The monoisotopic (exact) mass is 663 g/mol. The number of amides is 3. The number of nitrogens with zero attached hydrogens (tertiary/aromatic N) is 3. The molecule has 4 unspecified atom stereocenters. The molecule has 2 aromatic rings. The van der Waals surface area contributed by atoms with Crippen molar-refractivity contribution in [1.82, 2.24) is 9.80 Å². The predicted octanol–water partition coefficient (Wildman–Crippen LogP) is 4.89. The van der Waals surface area contributed by atoms with Crippen molar-refractivity contribution in [3.8, 4) is 0 Å². The number of halogens is 1. The summed E-state index contributed by atoms with van der Waals surface area (Å²) in [6.45, 7) is 12.0. The van der Waals surface area contributed by atoms with Crippen LogP contribution in [0.4, 0.5) is 5.69 Å². The quantitative estimate of drug-likeness (QED) is 0.244. The van der Waals surface area contributed by atoms with Gasteiger partial charge in [-0.1, -0.05) is 90.0 Å². The number of aliphatic hydroxyl groups excluding tert-OH is 1. The highest BCUT2D eigenvalue weighted by atomic mass is 79.9. The molecule has 1 N–H and O–H groups in total. The van der Waals surface area contributed by atoms with Crippen molar-refractivity contribution in [3.63, 3.8) is 0 Å². The molecule has 8 atom stereocenters. The standard InChI is InChI=1S/C35H42BrN3O5/c1-5-14-23(4)37(19-6-2)34(43)31-35-21-26(36)30(44-35)28(32(41)38(20-7-3)25-17-12-9-13-18-25)29(35)33(42)39(31)27(22-40)24-15-10-8-11-16-24/h6-13,15-18,23,26-31,40H,2-3,5,14,19-22H2,1,4H3/t23?,26?,27-,28+,29+,30+,31?,35?/m1/s1. The number of rotatable bonds is 13. The fraction of sp³-hybridized carbons (Fsp3) is 0.457. The number of carbonyl (C=O) groups is 3. The van der Waals surface area contributed by atoms with Crippen molar-refractivity contribution in [2.24, 2.45) is 11.8 Å². The van der Waals surface area contributed by atoms with Crippen LogP contribution in [0.3, 0.4) is 0 Å². The van der Waals surface area contributed by atoms with Gasteiger partial charge in [-0.05, 0) is 37.5 Å². The number of aliphatic hydroxyl groups is 1. The van der Waals surface area contributed by atoms with Crippen LogP contribution in [0.5, 0.6) is 0 Å². The van der Waals surface area contributed by atoms with Gasteiger partial charge < -0.3 is 24.5 Å². The van der Waals surface area contributed by atoms with Gasteiger partial charge in [0.05, 0.1) is 30.6 Å². The minimum atomic E-state index is -1.25. The van der Waals surface area contributed by atoms with Crippen LogP contribution in [0.15, 0.2) is 86.0 Å². The smallest absolute Gasteiger partial charge is 0.248 e. The maximum atomic E-state index is 14.8. The average molecular weight is 665 g/mol. The van der Waals surface area contributed by atoms with E-state index in [1.807, 2.05) is 67.6 Å². The maximum absolute atomic E-state index is 14.8. The molecule has 234 valence electrons. The van der Waals surface area contributed by atoms with E-state index in [-0.39, 0.29) is 41.7 Å². The first-order valence-electron chi connectivity index (χ1n) is 15.4. The Morgan fingerprint density at radius 2 is 1.73 bits per heavy atom. The number of ether oxygens (including phenoxy) is 1. The molecule has 2 aromatic carbocycles. The number of likely N-dealkylation sites (tertiary alicyclic amines) is 1. The predicted molar refractivity (Wildman–Crippen MR) is 174 cm³/mol. The molecule has 1 spiro atoms. The Morgan fingerprint density at radius 1 is 1.09 bits per heavy atom. The molecule has 3 aliphatic heterocycles. The molecule has 3 fully saturated rings. The van der Waals surface area contributed by atoms with Crippen LogP contribution in [0.25, 0.3) is 0 Å². The van der Waals surface area contributed by atoms with Crippen LogP contribution in [-0.4, -0.2) is 80.9 Å². The lowest BCUT2D eigenvalue weighted by atomic mass is 9.70. The van der Waals surface area contributed by atoms with E-state index in [1.54, 1.807) is 22.0 Å². The van der Waals surface area contributed by atoms with E-state index in [1.165, 1.54) is 4.90 Å². The second-order valence-electron chi connectivity index (χ2n) is 12.0. The summed E-state index contributed by atoms with van der Waals surface area (Å²) in [6.07, 6.45) is 4.79. The highest BCUT2D eigenvalue weighted by Crippen LogP contribution is 2.61. The molecule has 5 rings (SSSR count). The maximum Gasteiger partial charge on any atom is 0.248 e. The Bertz CT molecular complexity index is 1370. The van der Waals surface area contributed by atoms with E-state index in [2.05, 4.69) is 36.0 Å². The third-order valence-corrected chi connectivity index (χ3v) is 10.3. The lowest BCUT2D eigenvalue weighted by Gasteiger charge is -2.41. The summed E-state index contributed by atoms with van der Waals surface area (Å²) in [6, 6.07) is 16.6. The summed E-state index contributed by atoms with van der Waals surface area (Å²) in [4.78, 5) is 48.8. The Balaban J connectivity index is 1.65. The van der Waals surface area contributed by atoms with Crippen LogP contribution in [-0.2, 0) is 19.1 Å². The molecule has 44 heavy (non-hydrogen) atoms. The van der Waals surface area contributed by atoms with Crippen LogP contribution < -0.4 is 4.90 Å². The van der Waals surface area contributed by atoms with E-state index >= 15 is 0 Å². The zero-order valence-electron chi connectivity index (χ0n) is 25.4. The fourth-order valence-electron chi connectivity index (χ4n) is 7.59. The van der Waals surface area contributed by atoms with Crippen molar-refractivity contribution in [1.29, 1.82) is 0 Å². The lowest BCUT2D eigenvalue weighted by molar-refractivity contribution is -0.152. The second kappa shape index (κ2) is 13.4. The lowest BCUT2D eigenvalue weighted by Crippen LogP contribution is -2.59. The van der Waals surface area contributed by atoms with Crippen molar-refractivity contribution >= 4 is 39.3 Å². The summed E-state index contributed by atoms with van der Waals surface area (Å²) >= 11 is 3.78. The Labute approximate surface area is 268 Å². The van der Waals surface area contributed by atoms with Crippen molar-refractivity contribution in [2.75, 3.05) is 24.6 Å². The zero-order chi connectivity index (χ0) is 31.6. The first kappa shape index (κ1) is 32.1. The SMILES string of the molecule is C=CCN(C(=O)[C@H]1[C@H]2C(=O)N([C@H](CO)c3ccccc3)C(C(=O)N(CC=C)C(C)CCC)C23CC(Br)[C@@H]1O3)c1ccccc1. The van der Waals surface area contributed by atoms with Crippen molar-refractivity contribution < 1.29 is 24.2 Å². The largest absolute Gasteiger partial charge is 0.394 e. The molecule has 3 amide bonds. The summed E-state index contributed by atoms with van der Waals surface area (Å²) in [5.74, 6) is -2.59. The van der Waals surface area contributed by atoms with E-state index in [0.717, 1.165) is 12.8 Å². The molecule has 3 aliphatic rings. The topological polar surface area (TPSA) is 90.4 Å². The van der Waals surface area contributed by atoms with Gasteiger partial charge in [0.1, 0.15) is 11.6 Å². The normalized spacial score (nSPS) is 28.3. The summed E-state index contributed by atoms with van der Waals surface area (Å²) in [5.41, 5.74) is 0.148. The van der Waals surface area contributed by atoms with Gasteiger partial charge in [-0.2, -0.15) is 0 Å². The molecular formula is C35H42BrN3O5. The zero-order valence-corrected chi connectivity index (χ0v) is 27.0. The molecule has 2 bridgehead atoms. The van der Waals surface area contributed by atoms with Crippen LogP contribution in [0, 0.1) is 11.8 Å². The molecule has 0 saturated carbocycles.